The Bertz CT molecular complexity index is 45.8. The van der Waals surface area contributed by atoms with Crippen LogP contribution in [0.3, 0.4) is 0 Å². The van der Waals surface area contributed by atoms with Gasteiger partial charge in [0.2, 0.25) is 0 Å². The van der Waals surface area contributed by atoms with E-state index < -0.39 is 0 Å². The second kappa shape index (κ2) is 5.27. The molecule has 0 spiro atoms. The predicted molar refractivity (Wildman–Crippen MR) is 41.6 cm³/mol. The van der Waals surface area contributed by atoms with Gasteiger partial charge in [0.05, 0.1) is 14.3 Å². The Balaban J connectivity index is 2.86. The average molecular weight is 108 g/mol. The fourth-order valence-electron chi connectivity index (χ4n) is 0.535. The first-order chi connectivity index (χ1) is 3.81. The van der Waals surface area contributed by atoms with Gasteiger partial charge in [-0.25, -0.2) is 0 Å². The van der Waals surface area contributed by atoms with Gasteiger partial charge in [0.1, 0.15) is 0 Å². The highest BCUT2D eigenvalue weighted by Gasteiger charge is 1.95. The molecule has 0 aromatic rings. The van der Waals surface area contributed by atoms with Crippen LogP contribution < -0.4 is 0 Å². The van der Waals surface area contributed by atoms with Crippen LogP contribution in [0.5, 0.6) is 0 Å². The summed E-state index contributed by atoms with van der Waals surface area (Å²) in [6.45, 7) is 6.58. The van der Waals surface area contributed by atoms with Crippen LogP contribution in [0.4, 0.5) is 0 Å². The molecule has 0 fully saturated rings. The molecular formula is C6H14B2. The lowest BCUT2D eigenvalue weighted by Crippen LogP contribution is -2.03. The second-order valence-corrected chi connectivity index (χ2v) is 2.32. The zero-order chi connectivity index (χ0) is 6.41. The van der Waals surface area contributed by atoms with Crippen molar-refractivity contribution in [3.05, 3.63) is 0 Å². The smallest absolute Gasteiger partial charge is 0.0652 e. The monoisotopic (exact) mass is 108 g/mol. The molecule has 0 aliphatic heterocycles. The minimum absolute atomic E-state index is 0.867. The van der Waals surface area contributed by atoms with Crippen LogP contribution in [0, 0.1) is 5.92 Å². The topological polar surface area (TPSA) is 0 Å². The Morgan fingerprint density at radius 2 is 2.12 bits per heavy atom. The van der Waals surface area contributed by atoms with Gasteiger partial charge < -0.3 is 0 Å². The maximum atomic E-state index is 2.28. The second-order valence-electron chi connectivity index (χ2n) is 2.32. The van der Waals surface area contributed by atoms with Gasteiger partial charge in [-0.15, -0.1) is 0 Å². The Kier molecular flexibility index (Phi) is 5.36. The third-order valence-corrected chi connectivity index (χ3v) is 1.47. The molecular weight excluding hydrogens is 93.7 g/mol. The lowest BCUT2D eigenvalue weighted by atomic mass is 9.38. The number of rotatable bonds is 4. The Morgan fingerprint density at radius 3 is 2.50 bits per heavy atom. The molecule has 2 radical (unpaired) electrons. The van der Waals surface area contributed by atoms with Crippen LogP contribution in [-0.4, -0.2) is 14.3 Å². The molecule has 0 aromatic heterocycles. The normalized spacial score (nSPS) is 12.9. The summed E-state index contributed by atoms with van der Waals surface area (Å²) >= 11 is 0. The Labute approximate surface area is 54.5 Å². The fraction of sp³-hybridized carbons (Fsp3) is 1.00. The molecule has 0 bridgehead atoms. The molecule has 0 aliphatic rings. The lowest BCUT2D eigenvalue weighted by Gasteiger charge is -2.03. The molecule has 8 heavy (non-hydrogen) atoms. The number of hydrogen-bond acceptors (Lipinski definition) is 0. The van der Waals surface area contributed by atoms with Gasteiger partial charge in [-0.05, 0) is 0 Å². The number of hydrogen-bond donors (Lipinski definition) is 0. The minimum atomic E-state index is 0.867. The van der Waals surface area contributed by atoms with E-state index in [0.717, 1.165) is 5.92 Å². The zero-order valence-electron chi connectivity index (χ0n) is 6.15. The van der Waals surface area contributed by atoms with Crippen molar-refractivity contribution in [2.75, 3.05) is 0 Å². The summed E-state index contributed by atoms with van der Waals surface area (Å²) in [5.41, 5.74) is 0. The van der Waals surface area contributed by atoms with Crippen molar-refractivity contribution in [1.82, 2.24) is 0 Å². The van der Waals surface area contributed by atoms with E-state index in [2.05, 4.69) is 35.0 Å². The van der Waals surface area contributed by atoms with E-state index in [1.54, 1.807) is 0 Å². The third-order valence-electron chi connectivity index (χ3n) is 1.47. The molecule has 2 heteroatoms. The molecule has 0 saturated heterocycles. The van der Waals surface area contributed by atoms with Gasteiger partial charge in [-0.2, -0.15) is 0 Å². The van der Waals surface area contributed by atoms with Crippen LogP contribution in [0.1, 0.15) is 20.3 Å². The van der Waals surface area contributed by atoms with E-state index >= 15 is 0 Å². The highest BCUT2D eigenvalue weighted by atomic mass is 13.9. The maximum absolute atomic E-state index is 2.28. The zero-order valence-corrected chi connectivity index (χ0v) is 6.15. The molecule has 0 aliphatic carbocycles. The first kappa shape index (κ1) is 8.13. The van der Waals surface area contributed by atoms with Crippen molar-refractivity contribution in [2.45, 2.75) is 33.4 Å². The van der Waals surface area contributed by atoms with E-state index in [9.17, 15) is 0 Å². The summed E-state index contributed by atoms with van der Waals surface area (Å²) in [4.78, 5) is 0. The van der Waals surface area contributed by atoms with E-state index in [1.807, 2.05) is 0 Å². The lowest BCUT2D eigenvalue weighted by molar-refractivity contribution is 0.624. The summed E-state index contributed by atoms with van der Waals surface area (Å²) < 4.78 is 0. The average Bonchev–Trinajstić information content (AvgIpc) is 1.83. The van der Waals surface area contributed by atoms with Crippen LogP contribution in [0.15, 0.2) is 0 Å². The van der Waals surface area contributed by atoms with Crippen molar-refractivity contribution in [1.29, 1.82) is 0 Å². The van der Waals surface area contributed by atoms with Crippen LogP contribution in [0.2, 0.25) is 13.1 Å². The van der Waals surface area contributed by atoms with Crippen molar-refractivity contribution in [3.8, 4) is 0 Å². The van der Waals surface area contributed by atoms with Crippen molar-refractivity contribution < 1.29 is 0 Å². The molecule has 0 saturated carbocycles. The summed E-state index contributed by atoms with van der Waals surface area (Å²) in [5.74, 6) is 0.867. The van der Waals surface area contributed by atoms with Gasteiger partial charge in [-0.1, -0.05) is 39.3 Å². The quantitative estimate of drug-likeness (QED) is 0.481. The van der Waals surface area contributed by atoms with Gasteiger partial charge in [0.15, 0.2) is 0 Å². The van der Waals surface area contributed by atoms with Gasteiger partial charge in [-0.3, -0.25) is 0 Å². The van der Waals surface area contributed by atoms with E-state index in [1.165, 1.54) is 12.7 Å². The van der Waals surface area contributed by atoms with Gasteiger partial charge in [0.25, 0.3) is 0 Å². The van der Waals surface area contributed by atoms with Gasteiger partial charge >= 0.3 is 0 Å². The molecule has 0 heterocycles. The molecule has 0 amide bonds. The molecule has 44 valence electrons. The summed E-state index contributed by atoms with van der Waals surface area (Å²) in [7, 11) is 4.35. The SMILES string of the molecule is C[B][B]CC(C)CC. The molecule has 0 rings (SSSR count). The Morgan fingerprint density at radius 1 is 1.50 bits per heavy atom. The van der Waals surface area contributed by atoms with E-state index in [0.29, 0.717) is 0 Å². The van der Waals surface area contributed by atoms with Crippen LogP contribution in [0.25, 0.3) is 0 Å². The maximum Gasteiger partial charge on any atom is 0.0652 e. The standard InChI is InChI=1S/C6H14B2/c1-4-6(2)5-8-7-3/h6H,4-5H2,1-3H3. The minimum Gasteiger partial charge on any atom is -0.0999 e. The molecule has 0 N–H and O–H groups in total. The van der Waals surface area contributed by atoms with Crippen LogP contribution in [-0.2, 0) is 0 Å². The first-order valence-corrected chi connectivity index (χ1v) is 3.42. The van der Waals surface area contributed by atoms with Crippen molar-refractivity contribution in [2.24, 2.45) is 5.92 Å². The summed E-state index contributed by atoms with van der Waals surface area (Å²) in [5, 5.41) is 0. The third kappa shape index (κ3) is 4.29. The molecule has 0 aromatic carbocycles. The highest BCUT2D eigenvalue weighted by Crippen LogP contribution is 2.04. The van der Waals surface area contributed by atoms with Gasteiger partial charge in [0, 0.05) is 0 Å². The first-order valence-electron chi connectivity index (χ1n) is 3.42. The molecule has 1 unspecified atom stereocenters. The highest BCUT2D eigenvalue weighted by molar-refractivity contribution is 6.99. The summed E-state index contributed by atoms with van der Waals surface area (Å²) in [6.07, 6.45) is 2.54. The predicted octanol–water partition coefficient (Wildman–Crippen LogP) is 1.82. The van der Waals surface area contributed by atoms with Crippen molar-refractivity contribution in [3.63, 3.8) is 0 Å². The van der Waals surface area contributed by atoms with Crippen LogP contribution >= 0.6 is 0 Å². The Hall–Kier alpha value is 0.130. The molecule has 0 nitrogen and oxygen atoms in total. The van der Waals surface area contributed by atoms with Crippen molar-refractivity contribution >= 4 is 14.3 Å². The fourth-order valence-corrected chi connectivity index (χ4v) is 0.535. The van der Waals surface area contributed by atoms with E-state index in [4.69, 9.17) is 0 Å². The molecule has 1 atom stereocenters. The largest absolute Gasteiger partial charge is 0.0999 e. The van der Waals surface area contributed by atoms with E-state index in [-0.39, 0.29) is 0 Å². The summed E-state index contributed by atoms with van der Waals surface area (Å²) in [6, 6.07) is 0.